The molecule has 3 aromatic rings. The highest BCUT2D eigenvalue weighted by molar-refractivity contribution is 5.93. The molecular formula is C24H26FN3O6. The van der Waals surface area contributed by atoms with Crippen LogP contribution in [0.5, 0.6) is 11.5 Å². The number of halogens is 1. The minimum Gasteiger partial charge on any atom is -0.490 e. The van der Waals surface area contributed by atoms with Gasteiger partial charge in [-0.05, 0) is 37.1 Å². The number of nitro groups is 1. The third kappa shape index (κ3) is 6.53. The second kappa shape index (κ2) is 11.8. The second-order valence-corrected chi connectivity index (χ2v) is 7.44. The second-order valence-electron chi connectivity index (χ2n) is 7.44. The topological polar surface area (TPSA) is 117 Å². The SMILES string of the molecule is CCCOc1cc(NC(=O)CCc2ncc(-c3ccc(F)cc3)o2)c([N+](=O)[O-])cc1OCCC. The van der Waals surface area contributed by atoms with Crippen molar-refractivity contribution in [3.05, 3.63) is 64.4 Å². The number of nitrogens with one attached hydrogen (secondary N) is 1. The smallest absolute Gasteiger partial charge is 0.296 e. The van der Waals surface area contributed by atoms with Crippen molar-refractivity contribution in [1.82, 2.24) is 4.98 Å². The first kappa shape index (κ1) is 24.7. The number of carbonyl (C=O) groups excluding carboxylic acids is 1. The molecule has 0 fully saturated rings. The van der Waals surface area contributed by atoms with Gasteiger partial charge in [-0.25, -0.2) is 9.37 Å². The Morgan fingerprint density at radius 1 is 1.12 bits per heavy atom. The van der Waals surface area contributed by atoms with Crippen molar-refractivity contribution < 1.29 is 28.0 Å². The van der Waals surface area contributed by atoms with Crippen molar-refractivity contribution in [2.75, 3.05) is 18.5 Å². The number of nitro benzene ring substituents is 1. The number of rotatable bonds is 12. The zero-order valence-corrected chi connectivity index (χ0v) is 19.0. The van der Waals surface area contributed by atoms with Crippen LogP contribution in [0.15, 0.2) is 47.0 Å². The normalized spacial score (nSPS) is 10.7. The molecule has 0 radical (unpaired) electrons. The molecule has 1 aromatic heterocycles. The highest BCUT2D eigenvalue weighted by atomic mass is 19.1. The number of anilines is 1. The summed E-state index contributed by atoms with van der Waals surface area (Å²) in [6, 6.07) is 8.44. The number of benzene rings is 2. The fourth-order valence-corrected chi connectivity index (χ4v) is 3.06. The molecule has 0 saturated heterocycles. The van der Waals surface area contributed by atoms with Gasteiger partial charge in [0.05, 0.1) is 30.4 Å². The summed E-state index contributed by atoms with van der Waals surface area (Å²) in [7, 11) is 0. The van der Waals surface area contributed by atoms with Gasteiger partial charge < -0.3 is 19.2 Å². The van der Waals surface area contributed by atoms with Gasteiger partial charge in [0.15, 0.2) is 23.1 Å². The zero-order chi connectivity index (χ0) is 24.5. The van der Waals surface area contributed by atoms with Crippen molar-refractivity contribution in [3.63, 3.8) is 0 Å². The van der Waals surface area contributed by atoms with Crippen molar-refractivity contribution in [2.45, 2.75) is 39.5 Å². The van der Waals surface area contributed by atoms with E-state index in [1.54, 1.807) is 12.1 Å². The van der Waals surface area contributed by atoms with Crippen LogP contribution >= 0.6 is 0 Å². The predicted molar refractivity (Wildman–Crippen MR) is 124 cm³/mol. The number of hydrogen-bond donors (Lipinski definition) is 1. The first-order chi connectivity index (χ1) is 16.4. The lowest BCUT2D eigenvalue weighted by Crippen LogP contribution is -2.14. The number of aromatic nitrogens is 1. The lowest BCUT2D eigenvalue weighted by atomic mass is 10.2. The highest BCUT2D eigenvalue weighted by Gasteiger charge is 2.22. The maximum atomic E-state index is 13.1. The van der Waals surface area contributed by atoms with E-state index in [-0.39, 0.29) is 35.8 Å². The molecule has 0 spiro atoms. The number of amides is 1. The van der Waals surface area contributed by atoms with Crippen molar-refractivity contribution in [3.8, 4) is 22.8 Å². The van der Waals surface area contributed by atoms with Gasteiger partial charge in [-0.15, -0.1) is 0 Å². The molecular weight excluding hydrogens is 445 g/mol. The van der Waals surface area contributed by atoms with Gasteiger partial charge in [0.1, 0.15) is 11.5 Å². The summed E-state index contributed by atoms with van der Waals surface area (Å²) in [6.45, 7) is 4.63. The molecule has 0 aliphatic heterocycles. The fourth-order valence-electron chi connectivity index (χ4n) is 3.06. The van der Waals surface area contributed by atoms with Crippen molar-refractivity contribution in [1.29, 1.82) is 0 Å². The summed E-state index contributed by atoms with van der Waals surface area (Å²) in [4.78, 5) is 27.7. The Morgan fingerprint density at radius 2 is 1.76 bits per heavy atom. The van der Waals surface area contributed by atoms with Crippen molar-refractivity contribution in [2.24, 2.45) is 0 Å². The lowest BCUT2D eigenvalue weighted by molar-refractivity contribution is -0.384. The summed E-state index contributed by atoms with van der Waals surface area (Å²) >= 11 is 0. The highest BCUT2D eigenvalue weighted by Crippen LogP contribution is 2.38. The Bertz CT molecular complexity index is 1130. The molecule has 0 aliphatic rings. The van der Waals surface area contributed by atoms with E-state index < -0.39 is 10.8 Å². The minimum atomic E-state index is -0.582. The number of hydrogen-bond acceptors (Lipinski definition) is 7. The third-order valence-corrected chi connectivity index (χ3v) is 4.70. The van der Waals surface area contributed by atoms with Crippen molar-refractivity contribution >= 4 is 17.3 Å². The van der Waals surface area contributed by atoms with Gasteiger partial charge in [0, 0.05) is 24.5 Å². The molecule has 3 rings (SSSR count). The Morgan fingerprint density at radius 3 is 2.38 bits per heavy atom. The maximum Gasteiger partial charge on any atom is 0.296 e. The monoisotopic (exact) mass is 471 g/mol. The Balaban J connectivity index is 1.70. The molecule has 0 aliphatic carbocycles. The molecule has 1 heterocycles. The van der Waals surface area contributed by atoms with Crippen LogP contribution < -0.4 is 14.8 Å². The predicted octanol–water partition coefficient (Wildman–Crippen LogP) is 5.54. The Labute approximate surface area is 196 Å². The molecule has 34 heavy (non-hydrogen) atoms. The van der Waals surface area contributed by atoms with Crippen LogP contribution in [-0.2, 0) is 11.2 Å². The molecule has 0 bridgehead atoms. The summed E-state index contributed by atoms with van der Waals surface area (Å²) < 4.78 is 30.0. The first-order valence-electron chi connectivity index (χ1n) is 11.0. The van der Waals surface area contributed by atoms with Gasteiger partial charge in [0.2, 0.25) is 5.91 Å². The van der Waals surface area contributed by atoms with Crippen LogP contribution in [0.25, 0.3) is 11.3 Å². The number of carbonyl (C=O) groups is 1. The summed E-state index contributed by atoms with van der Waals surface area (Å²) in [5, 5.41) is 14.2. The van der Waals surface area contributed by atoms with E-state index in [2.05, 4.69) is 10.3 Å². The lowest BCUT2D eigenvalue weighted by Gasteiger charge is -2.14. The number of aryl methyl sites for hydroxylation is 1. The largest absolute Gasteiger partial charge is 0.490 e. The number of nitrogens with zero attached hydrogens (tertiary/aromatic N) is 2. The average molecular weight is 471 g/mol. The van der Waals surface area contributed by atoms with Crippen LogP contribution in [0.3, 0.4) is 0 Å². The van der Waals surface area contributed by atoms with Gasteiger partial charge in [0.25, 0.3) is 5.69 Å². The standard InChI is InChI=1S/C24H26FN3O6/c1-3-11-32-20-13-18(19(28(30)31)14-21(20)33-12-4-2)27-23(29)9-10-24-26-15-22(34-24)16-5-7-17(25)8-6-16/h5-8,13-15H,3-4,9-12H2,1-2H3,(H,27,29). The van der Waals surface area contributed by atoms with E-state index in [0.29, 0.717) is 36.2 Å². The molecule has 1 N–H and O–H groups in total. The zero-order valence-electron chi connectivity index (χ0n) is 19.0. The van der Waals surface area contributed by atoms with E-state index in [9.17, 15) is 19.3 Å². The van der Waals surface area contributed by atoms with E-state index in [4.69, 9.17) is 13.9 Å². The number of ether oxygens (including phenoxy) is 2. The van der Waals surface area contributed by atoms with E-state index in [1.807, 2.05) is 13.8 Å². The average Bonchev–Trinajstić information content (AvgIpc) is 3.30. The molecule has 9 nitrogen and oxygen atoms in total. The first-order valence-corrected chi connectivity index (χ1v) is 11.0. The Hall–Kier alpha value is -3.95. The van der Waals surface area contributed by atoms with Crippen LogP contribution in [0.4, 0.5) is 15.8 Å². The molecule has 0 unspecified atom stereocenters. The van der Waals surface area contributed by atoms with Gasteiger partial charge in [-0.3, -0.25) is 14.9 Å². The minimum absolute atomic E-state index is 0.0141. The third-order valence-electron chi connectivity index (χ3n) is 4.70. The summed E-state index contributed by atoms with van der Waals surface area (Å²) in [6.07, 6.45) is 3.13. The fraction of sp³-hybridized carbons (Fsp3) is 0.333. The van der Waals surface area contributed by atoms with Crippen LogP contribution in [0.1, 0.15) is 39.0 Å². The maximum absolute atomic E-state index is 13.1. The van der Waals surface area contributed by atoms with Gasteiger partial charge >= 0.3 is 0 Å². The van der Waals surface area contributed by atoms with E-state index >= 15 is 0 Å². The molecule has 2 aromatic carbocycles. The summed E-state index contributed by atoms with van der Waals surface area (Å²) in [5.74, 6) is 0.544. The van der Waals surface area contributed by atoms with Gasteiger partial charge in [-0.1, -0.05) is 13.8 Å². The summed E-state index contributed by atoms with van der Waals surface area (Å²) in [5.41, 5.74) is 0.382. The molecule has 0 atom stereocenters. The van der Waals surface area contributed by atoms with Crippen LogP contribution in [0, 0.1) is 15.9 Å². The quantitative estimate of drug-likeness (QED) is 0.272. The van der Waals surface area contributed by atoms with E-state index in [1.165, 1.54) is 30.5 Å². The van der Waals surface area contributed by atoms with Crippen LogP contribution in [0.2, 0.25) is 0 Å². The van der Waals surface area contributed by atoms with Crippen LogP contribution in [-0.4, -0.2) is 29.0 Å². The van der Waals surface area contributed by atoms with Gasteiger partial charge in [-0.2, -0.15) is 0 Å². The molecule has 180 valence electrons. The Kier molecular flexibility index (Phi) is 8.55. The molecule has 10 heteroatoms. The molecule has 0 saturated carbocycles. The number of oxazole rings is 1. The molecule has 1 amide bonds. The van der Waals surface area contributed by atoms with E-state index in [0.717, 1.165) is 12.8 Å².